The van der Waals surface area contributed by atoms with E-state index in [9.17, 15) is 0 Å². The van der Waals surface area contributed by atoms with E-state index in [0.717, 1.165) is 19.0 Å². The van der Waals surface area contributed by atoms with Crippen LogP contribution in [0.25, 0.3) is 0 Å². The molecule has 0 heterocycles. The molecular weight excluding hydrogens is 196 g/mol. The summed E-state index contributed by atoms with van der Waals surface area (Å²) in [6.45, 7) is 13.6. The maximum atomic E-state index is 5.83. The average Bonchev–Trinajstić information content (AvgIpc) is 2.33. The zero-order chi connectivity index (χ0) is 12.4. The predicted molar refractivity (Wildman–Crippen MR) is 73.6 cm³/mol. The quantitative estimate of drug-likeness (QED) is 0.622. The van der Waals surface area contributed by atoms with Crippen molar-refractivity contribution >= 4 is 0 Å². The summed E-state index contributed by atoms with van der Waals surface area (Å²) in [5.74, 6) is 1.55. The molecule has 0 rings (SSSR count). The molecule has 0 aliphatic rings. The van der Waals surface area contributed by atoms with Gasteiger partial charge in [0.1, 0.15) is 0 Å². The third kappa shape index (κ3) is 6.49. The highest BCUT2D eigenvalue weighted by atomic mass is 15.1. The Morgan fingerprint density at radius 1 is 0.938 bits per heavy atom. The standard InChI is InChI=1S/C14H32N2/c1-5-9-14(10-15)12-16(8-4)11-13(6-2)7-3/h13-14H,5-12,15H2,1-4H3. The summed E-state index contributed by atoms with van der Waals surface area (Å²) in [6, 6.07) is 0. The molecule has 0 saturated carbocycles. The van der Waals surface area contributed by atoms with E-state index < -0.39 is 0 Å². The number of nitrogens with zero attached hydrogens (tertiary/aromatic N) is 1. The van der Waals surface area contributed by atoms with Gasteiger partial charge >= 0.3 is 0 Å². The van der Waals surface area contributed by atoms with Gasteiger partial charge in [0, 0.05) is 13.1 Å². The van der Waals surface area contributed by atoms with Crippen LogP contribution in [0.3, 0.4) is 0 Å². The number of hydrogen-bond donors (Lipinski definition) is 1. The van der Waals surface area contributed by atoms with E-state index in [1.165, 1.54) is 38.8 Å². The molecular formula is C14H32N2. The Bertz CT molecular complexity index is 144. The lowest BCUT2D eigenvalue weighted by atomic mass is 10.00. The molecule has 98 valence electrons. The zero-order valence-corrected chi connectivity index (χ0v) is 11.8. The lowest BCUT2D eigenvalue weighted by Gasteiger charge is -2.28. The highest BCUT2D eigenvalue weighted by Crippen LogP contribution is 2.13. The van der Waals surface area contributed by atoms with Crippen molar-refractivity contribution in [3.05, 3.63) is 0 Å². The Labute approximate surface area is 103 Å². The van der Waals surface area contributed by atoms with Gasteiger partial charge in [-0.3, -0.25) is 0 Å². The lowest BCUT2D eigenvalue weighted by Crippen LogP contribution is -2.36. The largest absolute Gasteiger partial charge is 0.330 e. The summed E-state index contributed by atoms with van der Waals surface area (Å²) in [7, 11) is 0. The molecule has 0 aromatic heterocycles. The van der Waals surface area contributed by atoms with Crippen molar-refractivity contribution in [2.45, 2.75) is 53.4 Å². The van der Waals surface area contributed by atoms with Gasteiger partial charge in [-0.15, -0.1) is 0 Å². The van der Waals surface area contributed by atoms with Crippen molar-refractivity contribution in [3.8, 4) is 0 Å². The van der Waals surface area contributed by atoms with Gasteiger partial charge in [0.2, 0.25) is 0 Å². The maximum Gasteiger partial charge on any atom is 0.00217 e. The Kier molecular flexibility index (Phi) is 10.0. The average molecular weight is 228 g/mol. The maximum absolute atomic E-state index is 5.83. The Morgan fingerprint density at radius 2 is 1.50 bits per heavy atom. The Morgan fingerprint density at radius 3 is 1.88 bits per heavy atom. The van der Waals surface area contributed by atoms with E-state index in [2.05, 4.69) is 32.6 Å². The molecule has 0 saturated heterocycles. The van der Waals surface area contributed by atoms with Crippen LogP contribution in [0.5, 0.6) is 0 Å². The number of nitrogens with two attached hydrogens (primary N) is 1. The fraction of sp³-hybridized carbons (Fsp3) is 1.00. The van der Waals surface area contributed by atoms with Gasteiger partial charge in [0.05, 0.1) is 0 Å². The third-order valence-electron chi connectivity index (χ3n) is 3.66. The lowest BCUT2D eigenvalue weighted by molar-refractivity contribution is 0.198. The molecule has 0 bridgehead atoms. The molecule has 2 N–H and O–H groups in total. The summed E-state index contributed by atoms with van der Waals surface area (Å²) in [5, 5.41) is 0. The van der Waals surface area contributed by atoms with Crippen LogP contribution < -0.4 is 5.73 Å². The van der Waals surface area contributed by atoms with Crippen molar-refractivity contribution in [1.29, 1.82) is 0 Å². The van der Waals surface area contributed by atoms with E-state index in [1.54, 1.807) is 0 Å². The van der Waals surface area contributed by atoms with Gasteiger partial charge in [-0.2, -0.15) is 0 Å². The SMILES string of the molecule is CCCC(CN)CN(CC)CC(CC)CC. The van der Waals surface area contributed by atoms with E-state index in [-0.39, 0.29) is 0 Å². The summed E-state index contributed by atoms with van der Waals surface area (Å²) < 4.78 is 0. The first-order valence-corrected chi connectivity index (χ1v) is 7.13. The van der Waals surface area contributed by atoms with E-state index >= 15 is 0 Å². The van der Waals surface area contributed by atoms with Crippen molar-refractivity contribution in [2.24, 2.45) is 17.6 Å². The number of hydrogen-bond acceptors (Lipinski definition) is 2. The van der Waals surface area contributed by atoms with Crippen LogP contribution in [-0.2, 0) is 0 Å². The molecule has 1 unspecified atom stereocenters. The first kappa shape index (κ1) is 15.9. The van der Waals surface area contributed by atoms with Crippen LogP contribution in [0, 0.1) is 11.8 Å². The zero-order valence-electron chi connectivity index (χ0n) is 11.8. The van der Waals surface area contributed by atoms with Gasteiger partial charge in [-0.25, -0.2) is 0 Å². The number of rotatable bonds is 10. The highest BCUT2D eigenvalue weighted by molar-refractivity contribution is 4.69. The molecule has 16 heavy (non-hydrogen) atoms. The first-order valence-electron chi connectivity index (χ1n) is 7.13. The summed E-state index contributed by atoms with van der Waals surface area (Å²) in [6.07, 6.45) is 5.13. The van der Waals surface area contributed by atoms with Crippen LogP contribution in [0.15, 0.2) is 0 Å². The highest BCUT2D eigenvalue weighted by Gasteiger charge is 2.14. The van der Waals surface area contributed by atoms with E-state index in [0.29, 0.717) is 5.92 Å². The van der Waals surface area contributed by atoms with Crippen LogP contribution in [0.4, 0.5) is 0 Å². The second-order valence-corrected chi connectivity index (χ2v) is 4.93. The van der Waals surface area contributed by atoms with Gasteiger partial charge in [0.15, 0.2) is 0 Å². The second-order valence-electron chi connectivity index (χ2n) is 4.93. The predicted octanol–water partition coefficient (Wildman–Crippen LogP) is 3.12. The molecule has 0 aliphatic carbocycles. The molecule has 0 aromatic rings. The minimum Gasteiger partial charge on any atom is -0.330 e. The fourth-order valence-corrected chi connectivity index (χ4v) is 2.30. The van der Waals surface area contributed by atoms with Gasteiger partial charge in [-0.05, 0) is 31.3 Å². The topological polar surface area (TPSA) is 29.3 Å². The minimum absolute atomic E-state index is 0.694. The molecule has 0 aromatic carbocycles. The Hall–Kier alpha value is -0.0800. The molecule has 2 nitrogen and oxygen atoms in total. The monoisotopic (exact) mass is 228 g/mol. The molecule has 0 aliphatic heterocycles. The molecule has 2 heteroatoms. The van der Waals surface area contributed by atoms with E-state index in [1.807, 2.05) is 0 Å². The van der Waals surface area contributed by atoms with Crippen molar-refractivity contribution < 1.29 is 0 Å². The second kappa shape index (κ2) is 10.1. The van der Waals surface area contributed by atoms with Crippen LogP contribution in [0.2, 0.25) is 0 Å². The molecule has 0 amide bonds. The minimum atomic E-state index is 0.694. The van der Waals surface area contributed by atoms with Crippen molar-refractivity contribution in [2.75, 3.05) is 26.2 Å². The smallest absolute Gasteiger partial charge is 0.00217 e. The Balaban J connectivity index is 4.05. The van der Waals surface area contributed by atoms with Crippen LogP contribution >= 0.6 is 0 Å². The van der Waals surface area contributed by atoms with E-state index in [4.69, 9.17) is 5.73 Å². The summed E-state index contributed by atoms with van der Waals surface area (Å²) >= 11 is 0. The molecule has 0 radical (unpaired) electrons. The summed E-state index contributed by atoms with van der Waals surface area (Å²) in [4.78, 5) is 2.59. The first-order chi connectivity index (χ1) is 7.71. The molecule has 0 fully saturated rings. The molecule has 1 atom stereocenters. The third-order valence-corrected chi connectivity index (χ3v) is 3.66. The summed E-state index contributed by atoms with van der Waals surface area (Å²) in [5.41, 5.74) is 5.83. The molecule has 0 spiro atoms. The van der Waals surface area contributed by atoms with Crippen molar-refractivity contribution in [3.63, 3.8) is 0 Å². The normalized spacial score (nSPS) is 13.7. The van der Waals surface area contributed by atoms with Crippen molar-refractivity contribution in [1.82, 2.24) is 4.90 Å². The van der Waals surface area contributed by atoms with Crippen LogP contribution in [-0.4, -0.2) is 31.1 Å². The van der Waals surface area contributed by atoms with Crippen LogP contribution in [0.1, 0.15) is 53.4 Å². The fourth-order valence-electron chi connectivity index (χ4n) is 2.30. The van der Waals surface area contributed by atoms with Gasteiger partial charge < -0.3 is 10.6 Å². The van der Waals surface area contributed by atoms with Gasteiger partial charge in [0.25, 0.3) is 0 Å². The van der Waals surface area contributed by atoms with Gasteiger partial charge in [-0.1, -0.05) is 47.0 Å².